The van der Waals surface area contributed by atoms with Gasteiger partial charge in [0, 0.05) is 46.0 Å². The second kappa shape index (κ2) is 9.98. The quantitative estimate of drug-likeness (QED) is 0.709. The summed E-state index contributed by atoms with van der Waals surface area (Å²) in [6.07, 6.45) is 0.278. The molecule has 2 rings (SSSR count). The number of hydrogen-bond donors (Lipinski definition) is 1. The summed E-state index contributed by atoms with van der Waals surface area (Å²) < 4.78 is 15.2. The van der Waals surface area contributed by atoms with Crippen molar-refractivity contribution < 1.29 is 23.8 Å². The van der Waals surface area contributed by atoms with Gasteiger partial charge < -0.3 is 29.3 Å². The molecule has 0 spiro atoms. The van der Waals surface area contributed by atoms with Crippen molar-refractivity contribution in [3.8, 4) is 5.75 Å². The molecule has 0 unspecified atom stereocenters. The Bertz CT molecular complexity index is 585. The van der Waals surface area contributed by atoms with E-state index in [4.69, 9.17) is 14.2 Å². The maximum absolute atomic E-state index is 12.5. The summed E-state index contributed by atoms with van der Waals surface area (Å²) in [4.78, 5) is 28.1. The Balaban J connectivity index is 1.94. The summed E-state index contributed by atoms with van der Waals surface area (Å²) in [5.41, 5.74) is 0.795. The van der Waals surface area contributed by atoms with Crippen LogP contribution in [-0.2, 0) is 14.3 Å². The highest BCUT2D eigenvalue weighted by Gasteiger charge is 2.32. The van der Waals surface area contributed by atoms with Crippen LogP contribution in [0.15, 0.2) is 24.3 Å². The zero-order valence-electron chi connectivity index (χ0n) is 15.6. The third-order valence-corrected chi connectivity index (χ3v) is 4.25. The van der Waals surface area contributed by atoms with E-state index in [0.29, 0.717) is 32.8 Å². The van der Waals surface area contributed by atoms with Crippen LogP contribution in [0.25, 0.3) is 0 Å². The van der Waals surface area contributed by atoms with E-state index in [2.05, 4.69) is 5.32 Å². The standard InChI is InChI=1S/C18H27N3O5/c1-24-10-8-20(9-11-25-2)18(23)19-14-12-17(22)21(13-14)15-4-6-16(26-3)7-5-15/h4-7,14H,8-13H2,1-3H3,(H,19,23)/t14-/m1/s1. The third-order valence-electron chi connectivity index (χ3n) is 4.25. The summed E-state index contributed by atoms with van der Waals surface area (Å²) in [5, 5.41) is 2.94. The van der Waals surface area contributed by atoms with Crippen LogP contribution in [0.4, 0.5) is 10.5 Å². The molecule has 1 heterocycles. The first-order chi connectivity index (χ1) is 12.6. The van der Waals surface area contributed by atoms with Gasteiger partial charge in [-0.15, -0.1) is 0 Å². The van der Waals surface area contributed by atoms with Crippen molar-refractivity contribution in [2.24, 2.45) is 0 Å². The molecule has 26 heavy (non-hydrogen) atoms. The number of carbonyl (C=O) groups excluding carboxylic acids is 2. The molecule has 0 aromatic heterocycles. The van der Waals surface area contributed by atoms with E-state index in [1.807, 2.05) is 24.3 Å². The van der Waals surface area contributed by atoms with Crippen molar-refractivity contribution in [2.45, 2.75) is 12.5 Å². The summed E-state index contributed by atoms with van der Waals surface area (Å²) in [6.45, 7) is 2.26. The van der Waals surface area contributed by atoms with Gasteiger partial charge >= 0.3 is 6.03 Å². The molecule has 8 nitrogen and oxygen atoms in total. The molecule has 0 bridgehead atoms. The highest BCUT2D eigenvalue weighted by atomic mass is 16.5. The van der Waals surface area contributed by atoms with Gasteiger partial charge in [-0.05, 0) is 24.3 Å². The Morgan fingerprint density at radius 2 is 1.77 bits per heavy atom. The first kappa shape index (κ1) is 20.0. The molecule has 0 aliphatic carbocycles. The Hall–Kier alpha value is -2.32. The second-order valence-corrected chi connectivity index (χ2v) is 6.03. The smallest absolute Gasteiger partial charge is 0.317 e. The van der Waals surface area contributed by atoms with Gasteiger partial charge in [-0.25, -0.2) is 4.79 Å². The summed E-state index contributed by atoms with van der Waals surface area (Å²) in [5.74, 6) is 0.720. The molecule has 1 aliphatic rings. The third kappa shape index (κ3) is 5.34. The van der Waals surface area contributed by atoms with E-state index in [1.165, 1.54) is 0 Å². The lowest BCUT2D eigenvalue weighted by Gasteiger charge is -2.24. The monoisotopic (exact) mass is 365 g/mol. The Morgan fingerprint density at radius 3 is 2.31 bits per heavy atom. The minimum absolute atomic E-state index is 0.0131. The number of ether oxygens (including phenoxy) is 3. The van der Waals surface area contributed by atoms with Crippen LogP contribution in [0.2, 0.25) is 0 Å². The molecule has 1 saturated heterocycles. The molecule has 144 valence electrons. The lowest BCUT2D eigenvalue weighted by molar-refractivity contribution is -0.117. The van der Waals surface area contributed by atoms with E-state index in [0.717, 1.165) is 11.4 Å². The number of nitrogens with zero attached hydrogens (tertiary/aromatic N) is 2. The largest absolute Gasteiger partial charge is 0.497 e. The van der Waals surface area contributed by atoms with Gasteiger partial charge in [-0.1, -0.05) is 0 Å². The van der Waals surface area contributed by atoms with Gasteiger partial charge in [0.25, 0.3) is 0 Å². The van der Waals surface area contributed by atoms with E-state index < -0.39 is 0 Å². The van der Waals surface area contributed by atoms with Crippen LogP contribution in [-0.4, -0.2) is 77.1 Å². The molecular formula is C18H27N3O5. The number of anilines is 1. The minimum atomic E-state index is -0.232. The minimum Gasteiger partial charge on any atom is -0.497 e. The van der Waals surface area contributed by atoms with Crippen molar-refractivity contribution in [3.63, 3.8) is 0 Å². The summed E-state index contributed by atoms with van der Waals surface area (Å²) in [6, 6.07) is 6.85. The number of nitrogens with one attached hydrogen (secondary N) is 1. The van der Waals surface area contributed by atoms with E-state index in [1.54, 1.807) is 31.1 Å². The number of amides is 3. The number of urea groups is 1. The molecule has 0 saturated carbocycles. The van der Waals surface area contributed by atoms with Crippen molar-refractivity contribution in [2.75, 3.05) is 59.1 Å². The Morgan fingerprint density at radius 1 is 1.15 bits per heavy atom. The van der Waals surface area contributed by atoms with Crippen LogP contribution in [0, 0.1) is 0 Å². The molecular weight excluding hydrogens is 338 g/mol. The maximum atomic E-state index is 12.5. The maximum Gasteiger partial charge on any atom is 0.317 e. The first-order valence-electron chi connectivity index (χ1n) is 8.56. The first-order valence-corrected chi connectivity index (χ1v) is 8.56. The van der Waals surface area contributed by atoms with Gasteiger partial charge in [0.05, 0.1) is 26.4 Å². The molecule has 1 aromatic rings. The fourth-order valence-corrected chi connectivity index (χ4v) is 2.80. The molecule has 1 fully saturated rings. The highest BCUT2D eigenvalue weighted by molar-refractivity contribution is 5.96. The fourth-order valence-electron chi connectivity index (χ4n) is 2.80. The number of carbonyl (C=O) groups is 2. The van der Waals surface area contributed by atoms with Crippen LogP contribution < -0.4 is 15.0 Å². The normalized spacial score (nSPS) is 16.7. The van der Waals surface area contributed by atoms with Crippen LogP contribution in [0.1, 0.15) is 6.42 Å². The van der Waals surface area contributed by atoms with Crippen LogP contribution in [0.3, 0.4) is 0 Å². The second-order valence-electron chi connectivity index (χ2n) is 6.03. The van der Waals surface area contributed by atoms with Crippen LogP contribution in [0.5, 0.6) is 5.75 Å². The average Bonchev–Trinajstić information content (AvgIpc) is 3.02. The Labute approximate surface area is 154 Å². The van der Waals surface area contributed by atoms with Gasteiger partial charge in [0.15, 0.2) is 0 Å². The van der Waals surface area contributed by atoms with Crippen molar-refractivity contribution >= 4 is 17.6 Å². The lowest BCUT2D eigenvalue weighted by atomic mass is 10.2. The molecule has 3 amide bonds. The lowest BCUT2D eigenvalue weighted by Crippen LogP contribution is -2.47. The average molecular weight is 365 g/mol. The SMILES string of the molecule is COCCN(CCOC)C(=O)N[C@@H]1CC(=O)N(c2ccc(OC)cc2)C1. The topological polar surface area (TPSA) is 80.3 Å². The predicted octanol–water partition coefficient (Wildman–Crippen LogP) is 1.10. The summed E-state index contributed by atoms with van der Waals surface area (Å²) >= 11 is 0. The van der Waals surface area contributed by atoms with Crippen LogP contribution >= 0.6 is 0 Å². The number of benzene rings is 1. The molecule has 0 radical (unpaired) electrons. The number of hydrogen-bond acceptors (Lipinski definition) is 5. The van der Waals surface area contributed by atoms with Crippen molar-refractivity contribution in [1.82, 2.24) is 10.2 Å². The molecule has 1 N–H and O–H groups in total. The predicted molar refractivity (Wildman–Crippen MR) is 97.6 cm³/mol. The zero-order valence-corrected chi connectivity index (χ0v) is 15.6. The van der Waals surface area contributed by atoms with E-state index >= 15 is 0 Å². The van der Waals surface area contributed by atoms with Gasteiger partial charge in [-0.2, -0.15) is 0 Å². The van der Waals surface area contributed by atoms with Crippen molar-refractivity contribution in [3.05, 3.63) is 24.3 Å². The fraction of sp³-hybridized carbons (Fsp3) is 0.556. The van der Waals surface area contributed by atoms with Gasteiger partial charge in [0.1, 0.15) is 5.75 Å². The van der Waals surface area contributed by atoms with Crippen molar-refractivity contribution in [1.29, 1.82) is 0 Å². The highest BCUT2D eigenvalue weighted by Crippen LogP contribution is 2.24. The number of rotatable bonds is 9. The molecule has 1 aromatic carbocycles. The molecule has 1 atom stereocenters. The zero-order chi connectivity index (χ0) is 18.9. The molecule has 8 heteroatoms. The summed E-state index contributed by atoms with van der Waals surface area (Å²) in [7, 11) is 4.78. The number of methoxy groups -OCH3 is 3. The molecule has 1 aliphatic heterocycles. The van der Waals surface area contributed by atoms with Gasteiger partial charge in [-0.3, -0.25) is 4.79 Å². The van der Waals surface area contributed by atoms with E-state index in [-0.39, 0.29) is 24.4 Å². The van der Waals surface area contributed by atoms with E-state index in [9.17, 15) is 9.59 Å². The Kier molecular flexibility index (Phi) is 7.68. The van der Waals surface area contributed by atoms with Gasteiger partial charge in [0.2, 0.25) is 5.91 Å².